The van der Waals surface area contributed by atoms with Crippen LogP contribution in [0.3, 0.4) is 0 Å². The lowest BCUT2D eigenvalue weighted by Gasteiger charge is -2.33. The molecule has 3 N–H and O–H groups in total. The first-order valence-corrected chi connectivity index (χ1v) is 9.06. The van der Waals surface area contributed by atoms with E-state index in [0.717, 1.165) is 12.1 Å². The maximum atomic E-state index is 12.8. The van der Waals surface area contributed by atoms with Crippen molar-refractivity contribution in [3.05, 3.63) is 40.9 Å². The van der Waals surface area contributed by atoms with Gasteiger partial charge in [-0.1, -0.05) is 26.0 Å². The molecule has 1 heterocycles. The van der Waals surface area contributed by atoms with Gasteiger partial charge in [0.25, 0.3) is 0 Å². The molecule has 0 aliphatic carbocycles. The highest BCUT2D eigenvalue weighted by atomic mass is 35.5. The number of thiazole rings is 1. The van der Waals surface area contributed by atoms with Crippen LogP contribution in [0, 0.1) is 5.92 Å². The predicted molar refractivity (Wildman–Crippen MR) is 111 cm³/mol. The number of amides is 1. The molecule has 28 heavy (non-hydrogen) atoms. The third-order valence-electron chi connectivity index (χ3n) is 4.45. The Morgan fingerprint density at radius 2 is 1.93 bits per heavy atom. The van der Waals surface area contributed by atoms with Gasteiger partial charge in [-0.3, -0.25) is 4.79 Å². The van der Waals surface area contributed by atoms with Gasteiger partial charge < -0.3 is 11.1 Å². The summed E-state index contributed by atoms with van der Waals surface area (Å²) in [7, 11) is 0. The average molecular weight is 458 g/mol. The minimum Gasteiger partial charge on any atom is -0.349 e. The van der Waals surface area contributed by atoms with Crippen LogP contribution in [0.2, 0.25) is 0 Å². The third-order valence-corrected chi connectivity index (χ3v) is 5.39. The first kappa shape index (κ1) is 26.6. The van der Waals surface area contributed by atoms with Gasteiger partial charge in [0, 0.05) is 17.5 Å². The van der Waals surface area contributed by atoms with Crippen LogP contribution in [0.5, 0.6) is 0 Å². The summed E-state index contributed by atoms with van der Waals surface area (Å²) in [6.07, 6.45) is -4.35. The highest BCUT2D eigenvalue weighted by Gasteiger charge is 2.31. The molecule has 4 nitrogen and oxygen atoms in total. The summed E-state index contributed by atoms with van der Waals surface area (Å²) in [5.74, 6) is -0.0555. The van der Waals surface area contributed by atoms with Gasteiger partial charge in [-0.05, 0) is 25.0 Å². The minimum absolute atomic E-state index is 0. The van der Waals surface area contributed by atoms with Crippen LogP contribution in [0.15, 0.2) is 29.6 Å². The second kappa shape index (κ2) is 10.4. The molecule has 1 amide bonds. The number of nitrogens with one attached hydrogen (secondary N) is 1. The summed E-state index contributed by atoms with van der Waals surface area (Å²) in [6, 6.07) is 5.00. The van der Waals surface area contributed by atoms with E-state index >= 15 is 0 Å². The fourth-order valence-electron chi connectivity index (χ4n) is 2.31. The molecule has 0 saturated heterocycles. The standard InChI is InChI=1S/C18H22F3N3OS.2ClH/c1-11(2)17(3,10-22)24-15(25)8-14-9-26-16(23-14)12-5-4-6-13(7-12)18(19,20)21;;/h4-7,9,11H,8,10,22H2,1-3H3,(H,24,25);2*1H. The summed E-state index contributed by atoms with van der Waals surface area (Å²) >= 11 is 1.21. The Kier molecular flexibility index (Phi) is 9.93. The Morgan fingerprint density at radius 1 is 1.29 bits per heavy atom. The van der Waals surface area contributed by atoms with Crippen LogP contribution >= 0.6 is 36.2 Å². The third kappa shape index (κ3) is 6.62. The molecule has 158 valence electrons. The van der Waals surface area contributed by atoms with Crippen LogP contribution < -0.4 is 11.1 Å². The Balaban J connectivity index is 0.00000364. The number of benzene rings is 1. The number of halogens is 5. The van der Waals surface area contributed by atoms with E-state index in [0.29, 0.717) is 22.8 Å². The SMILES string of the molecule is CC(C)C(C)(CN)NC(=O)Cc1csc(-c2cccc(C(F)(F)F)c2)n1.Cl.Cl. The molecule has 0 aliphatic heterocycles. The van der Waals surface area contributed by atoms with Crippen LogP contribution in [-0.4, -0.2) is 23.0 Å². The van der Waals surface area contributed by atoms with Gasteiger partial charge in [-0.2, -0.15) is 13.2 Å². The van der Waals surface area contributed by atoms with Crippen molar-refractivity contribution in [2.24, 2.45) is 11.7 Å². The van der Waals surface area contributed by atoms with Gasteiger partial charge in [-0.15, -0.1) is 36.2 Å². The van der Waals surface area contributed by atoms with E-state index < -0.39 is 17.3 Å². The molecule has 2 aromatic rings. The Labute approximate surface area is 178 Å². The summed E-state index contributed by atoms with van der Waals surface area (Å²) in [5, 5.41) is 5.05. The number of nitrogens with two attached hydrogens (primary N) is 1. The summed E-state index contributed by atoms with van der Waals surface area (Å²) < 4.78 is 38.5. The van der Waals surface area contributed by atoms with Crippen molar-refractivity contribution in [2.45, 2.75) is 38.9 Å². The van der Waals surface area contributed by atoms with Crippen molar-refractivity contribution in [1.29, 1.82) is 0 Å². The molecule has 0 bridgehead atoms. The molecule has 2 rings (SSSR count). The fourth-order valence-corrected chi connectivity index (χ4v) is 3.12. The predicted octanol–water partition coefficient (Wildman–Crippen LogP) is 4.70. The summed E-state index contributed by atoms with van der Waals surface area (Å²) in [4.78, 5) is 16.6. The average Bonchev–Trinajstić information content (AvgIpc) is 3.02. The van der Waals surface area contributed by atoms with Gasteiger partial charge in [0.1, 0.15) is 5.01 Å². The van der Waals surface area contributed by atoms with Crippen LogP contribution in [-0.2, 0) is 17.4 Å². The Morgan fingerprint density at radius 3 is 2.46 bits per heavy atom. The second-order valence-electron chi connectivity index (χ2n) is 6.72. The van der Waals surface area contributed by atoms with Gasteiger partial charge in [0.05, 0.1) is 23.2 Å². The minimum atomic E-state index is -4.40. The van der Waals surface area contributed by atoms with E-state index in [4.69, 9.17) is 5.73 Å². The van der Waals surface area contributed by atoms with Crippen LogP contribution in [0.4, 0.5) is 13.2 Å². The first-order valence-electron chi connectivity index (χ1n) is 8.18. The Bertz CT molecular complexity index is 783. The highest BCUT2D eigenvalue weighted by Crippen LogP contribution is 2.33. The van der Waals surface area contributed by atoms with Gasteiger partial charge >= 0.3 is 6.18 Å². The lowest BCUT2D eigenvalue weighted by molar-refractivity contribution is -0.137. The molecule has 0 spiro atoms. The van der Waals surface area contributed by atoms with Crippen molar-refractivity contribution in [1.82, 2.24) is 10.3 Å². The molecule has 10 heteroatoms. The maximum absolute atomic E-state index is 12.8. The highest BCUT2D eigenvalue weighted by molar-refractivity contribution is 7.13. The maximum Gasteiger partial charge on any atom is 0.416 e. The number of hydrogen-bond acceptors (Lipinski definition) is 4. The summed E-state index contributed by atoms with van der Waals surface area (Å²) in [5.41, 5.74) is 5.42. The van der Waals surface area contributed by atoms with E-state index in [2.05, 4.69) is 10.3 Å². The van der Waals surface area contributed by atoms with E-state index in [1.165, 1.54) is 17.4 Å². The quantitative estimate of drug-likeness (QED) is 0.659. The lowest BCUT2D eigenvalue weighted by atomic mass is 9.88. The number of carbonyl (C=O) groups excluding carboxylic acids is 1. The Hall–Kier alpha value is -1.35. The monoisotopic (exact) mass is 457 g/mol. The topological polar surface area (TPSA) is 68.0 Å². The molecule has 0 radical (unpaired) electrons. The molecule has 1 aromatic heterocycles. The molecular formula is C18H24Cl2F3N3OS. The zero-order valence-electron chi connectivity index (χ0n) is 15.7. The van der Waals surface area contributed by atoms with E-state index in [1.807, 2.05) is 20.8 Å². The van der Waals surface area contributed by atoms with E-state index in [9.17, 15) is 18.0 Å². The molecule has 0 saturated carbocycles. The zero-order valence-corrected chi connectivity index (χ0v) is 18.1. The van der Waals surface area contributed by atoms with Gasteiger partial charge in [0.15, 0.2) is 0 Å². The molecular weight excluding hydrogens is 434 g/mol. The lowest BCUT2D eigenvalue weighted by Crippen LogP contribution is -2.55. The number of nitrogens with zero attached hydrogens (tertiary/aromatic N) is 1. The number of aromatic nitrogens is 1. The number of rotatable bonds is 6. The van der Waals surface area contributed by atoms with Gasteiger partial charge in [-0.25, -0.2) is 4.98 Å². The number of hydrogen-bond donors (Lipinski definition) is 2. The van der Waals surface area contributed by atoms with Gasteiger partial charge in [0.2, 0.25) is 5.91 Å². The number of carbonyl (C=O) groups is 1. The van der Waals surface area contributed by atoms with E-state index in [1.54, 1.807) is 11.4 Å². The van der Waals surface area contributed by atoms with E-state index in [-0.39, 0.29) is 43.1 Å². The molecule has 1 atom stereocenters. The fraction of sp³-hybridized carbons (Fsp3) is 0.444. The van der Waals surface area contributed by atoms with Crippen molar-refractivity contribution < 1.29 is 18.0 Å². The molecule has 1 unspecified atom stereocenters. The first-order chi connectivity index (χ1) is 12.0. The smallest absolute Gasteiger partial charge is 0.349 e. The molecule has 1 aromatic carbocycles. The zero-order chi connectivity index (χ0) is 19.5. The molecule has 0 fully saturated rings. The van der Waals surface area contributed by atoms with Crippen molar-refractivity contribution in [3.8, 4) is 10.6 Å². The van der Waals surface area contributed by atoms with Crippen molar-refractivity contribution in [2.75, 3.05) is 6.54 Å². The summed E-state index contributed by atoms with van der Waals surface area (Å²) in [6.45, 7) is 6.14. The normalized spacial score (nSPS) is 13.3. The largest absolute Gasteiger partial charge is 0.416 e. The van der Waals surface area contributed by atoms with Crippen LogP contribution in [0.25, 0.3) is 10.6 Å². The second-order valence-corrected chi connectivity index (χ2v) is 7.58. The van der Waals surface area contributed by atoms with Crippen molar-refractivity contribution in [3.63, 3.8) is 0 Å². The number of alkyl halides is 3. The van der Waals surface area contributed by atoms with Crippen LogP contribution in [0.1, 0.15) is 32.0 Å². The molecule has 0 aliphatic rings. The van der Waals surface area contributed by atoms with Crippen molar-refractivity contribution >= 4 is 42.1 Å².